The molecule has 0 aromatic heterocycles. The first kappa shape index (κ1) is 19.2. The number of hydrogen-bond donors (Lipinski definition) is 2. The summed E-state index contributed by atoms with van der Waals surface area (Å²) in [6.45, 7) is 0. The highest BCUT2D eigenvalue weighted by atomic mass is 35.5. The van der Waals surface area contributed by atoms with Gasteiger partial charge in [-0.15, -0.1) is 0 Å². The molecule has 1 fully saturated rings. The Morgan fingerprint density at radius 2 is 2.00 bits per heavy atom. The molecule has 0 aliphatic carbocycles. The van der Waals surface area contributed by atoms with Gasteiger partial charge in [-0.25, -0.2) is 13.2 Å². The molecule has 10 heteroatoms. The summed E-state index contributed by atoms with van der Waals surface area (Å²) < 4.78 is 27.3. The molecule has 1 aliphatic rings. The lowest BCUT2D eigenvalue weighted by Gasteiger charge is -2.12. The molecule has 2 N–H and O–H groups in total. The summed E-state index contributed by atoms with van der Waals surface area (Å²) >= 11 is 5.96. The Bertz CT molecular complexity index is 808. The van der Waals surface area contributed by atoms with Gasteiger partial charge in [-0.05, 0) is 24.6 Å². The Balaban J connectivity index is 1.93. The average molecular weight is 389 g/mol. The normalized spacial score (nSPS) is 18.4. The van der Waals surface area contributed by atoms with E-state index in [-0.39, 0.29) is 27.8 Å². The molecule has 25 heavy (non-hydrogen) atoms. The zero-order chi connectivity index (χ0) is 18.6. The molecule has 1 aliphatic heterocycles. The minimum Gasteiger partial charge on any atom is -0.465 e. The first-order valence-corrected chi connectivity index (χ1v) is 9.57. The molecule has 2 amide bonds. The van der Waals surface area contributed by atoms with E-state index in [9.17, 15) is 22.8 Å². The number of halogens is 1. The summed E-state index contributed by atoms with van der Waals surface area (Å²) in [4.78, 5) is 35.3. The van der Waals surface area contributed by atoms with Crippen molar-refractivity contribution in [1.82, 2.24) is 5.32 Å². The number of carbonyl (C=O) groups is 3. The number of anilines is 1. The van der Waals surface area contributed by atoms with E-state index in [4.69, 9.17) is 11.6 Å². The van der Waals surface area contributed by atoms with Crippen molar-refractivity contribution in [2.75, 3.05) is 23.9 Å². The van der Waals surface area contributed by atoms with Crippen LogP contribution in [0.25, 0.3) is 0 Å². The van der Waals surface area contributed by atoms with Crippen molar-refractivity contribution >= 4 is 44.9 Å². The van der Waals surface area contributed by atoms with Crippen molar-refractivity contribution < 1.29 is 27.5 Å². The first-order chi connectivity index (χ1) is 11.7. The predicted molar refractivity (Wildman–Crippen MR) is 91.2 cm³/mol. The number of methoxy groups -OCH3 is 1. The van der Waals surface area contributed by atoms with Gasteiger partial charge in [-0.2, -0.15) is 0 Å². The fourth-order valence-electron chi connectivity index (χ4n) is 2.39. The Morgan fingerprint density at radius 1 is 1.28 bits per heavy atom. The molecule has 136 valence electrons. The van der Waals surface area contributed by atoms with Crippen LogP contribution in [-0.2, 0) is 24.2 Å². The minimum absolute atomic E-state index is 0.0278. The molecular formula is C15H17ClN2O6S. The van der Waals surface area contributed by atoms with E-state index in [1.54, 1.807) is 0 Å². The van der Waals surface area contributed by atoms with E-state index in [1.807, 2.05) is 0 Å². The van der Waals surface area contributed by atoms with Crippen molar-refractivity contribution in [2.24, 2.45) is 0 Å². The minimum atomic E-state index is -3.12. The molecular weight excluding hydrogens is 372 g/mol. The Kier molecular flexibility index (Phi) is 6.02. The van der Waals surface area contributed by atoms with Crippen molar-refractivity contribution in [3.05, 3.63) is 28.8 Å². The van der Waals surface area contributed by atoms with E-state index in [0.717, 1.165) is 0 Å². The standard InChI is InChI=1S/C15H17ClN2O6S/c1-24-15(21)9-2-3-11(16)12(6-9)18-14(20)7-13(19)17-10-4-5-25(22,23)8-10/h2-3,6,10H,4-5,7-8H2,1H3,(H,17,19)(H,18,20). The fourth-order valence-corrected chi connectivity index (χ4v) is 4.23. The molecule has 1 unspecified atom stereocenters. The maximum Gasteiger partial charge on any atom is 0.337 e. The van der Waals surface area contributed by atoms with Gasteiger partial charge in [0.15, 0.2) is 9.84 Å². The molecule has 1 atom stereocenters. The molecule has 0 saturated carbocycles. The lowest BCUT2D eigenvalue weighted by molar-refractivity contribution is -0.127. The lowest BCUT2D eigenvalue weighted by atomic mass is 10.2. The zero-order valence-corrected chi connectivity index (χ0v) is 14.9. The summed E-state index contributed by atoms with van der Waals surface area (Å²) in [6, 6.07) is 3.73. The molecule has 2 rings (SSSR count). The predicted octanol–water partition coefficient (Wildman–Crippen LogP) is 0.758. The number of ether oxygens (including phenoxy) is 1. The third-order valence-corrected chi connectivity index (χ3v) is 5.68. The second-order valence-electron chi connectivity index (χ2n) is 5.58. The number of hydrogen-bond acceptors (Lipinski definition) is 6. The Hall–Kier alpha value is -2.13. The molecule has 1 aromatic carbocycles. The van der Waals surface area contributed by atoms with Gasteiger partial charge in [0.05, 0.1) is 34.9 Å². The topological polar surface area (TPSA) is 119 Å². The van der Waals surface area contributed by atoms with Gasteiger partial charge < -0.3 is 15.4 Å². The molecule has 0 bridgehead atoms. The number of sulfone groups is 1. The van der Waals surface area contributed by atoms with Crippen LogP contribution in [0.2, 0.25) is 5.02 Å². The van der Waals surface area contributed by atoms with Crippen LogP contribution < -0.4 is 10.6 Å². The monoisotopic (exact) mass is 388 g/mol. The van der Waals surface area contributed by atoms with Crippen LogP contribution in [-0.4, -0.2) is 50.9 Å². The molecule has 1 aromatic rings. The summed E-state index contributed by atoms with van der Waals surface area (Å²) in [5.74, 6) is -1.90. The van der Waals surface area contributed by atoms with Crippen LogP contribution in [0.15, 0.2) is 18.2 Å². The van der Waals surface area contributed by atoms with E-state index < -0.39 is 40.1 Å². The van der Waals surface area contributed by atoms with Crippen LogP contribution in [0, 0.1) is 0 Å². The first-order valence-electron chi connectivity index (χ1n) is 7.37. The van der Waals surface area contributed by atoms with Crippen LogP contribution in [0.4, 0.5) is 5.69 Å². The summed E-state index contributed by atoms with van der Waals surface area (Å²) in [5.41, 5.74) is 0.369. The third-order valence-electron chi connectivity index (χ3n) is 3.58. The van der Waals surface area contributed by atoms with E-state index in [0.29, 0.717) is 6.42 Å². The van der Waals surface area contributed by atoms with E-state index >= 15 is 0 Å². The molecule has 8 nitrogen and oxygen atoms in total. The summed E-state index contributed by atoms with van der Waals surface area (Å²) in [7, 11) is -1.89. The Labute approximate surface area is 149 Å². The van der Waals surface area contributed by atoms with Crippen molar-refractivity contribution in [3.63, 3.8) is 0 Å². The number of rotatable bonds is 5. The molecule has 0 spiro atoms. The zero-order valence-electron chi connectivity index (χ0n) is 13.4. The van der Waals surface area contributed by atoms with Crippen molar-refractivity contribution in [3.8, 4) is 0 Å². The smallest absolute Gasteiger partial charge is 0.337 e. The van der Waals surface area contributed by atoms with Crippen molar-refractivity contribution in [1.29, 1.82) is 0 Å². The summed E-state index contributed by atoms with van der Waals surface area (Å²) in [6.07, 6.45) is -0.155. The average Bonchev–Trinajstić information content (AvgIpc) is 2.87. The largest absolute Gasteiger partial charge is 0.465 e. The van der Waals surface area contributed by atoms with Gasteiger partial charge in [0, 0.05) is 6.04 Å². The Morgan fingerprint density at radius 3 is 2.60 bits per heavy atom. The van der Waals surface area contributed by atoms with Crippen LogP contribution >= 0.6 is 11.6 Å². The highest BCUT2D eigenvalue weighted by Gasteiger charge is 2.29. The van der Waals surface area contributed by atoms with Gasteiger partial charge in [0.2, 0.25) is 11.8 Å². The van der Waals surface area contributed by atoms with Gasteiger partial charge in [-0.1, -0.05) is 11.6 Å². The number of nitrogens with one attached hydrogen (secondary N) is 2. The van der Waals surface area contributed by atoms with Crippen LogP contribution in [0.1, 0.15) is 23.2 Å². The van der Waals surface area contributed by atoms with E-state index in [2.05, 4.69) is 15.4 Å². The van der Waals surface area contributed by atoms with Crippen molar-refractivity contribution in [2.45, 2.75) is 18.9 Å². The second kappa shape index (κ2) is 7.83. The fraction of sp³-hybridized carbons (Fsp3) is 0.400. The second-order valence-corrected chi connectivity index (χ2v) is 8.21. The molecule has 0 radical (unpaired) electrons. The lowest BCUT2D eigenvalue weighted by Crippen LogP contribution is -2.37. The van der Waals surface area contributed by atoms with Gasteiger partial charge >= 0.3 is 5.97 Å². The quantitative estimate of drug-likeness (QED) is 0.567. The van der Waals surface area contributed by atoms with Gasteiger partial charge in [-0.3, -0.25) is 9.59 Å². The highest BCUT2D eigenvalue weighted by molar-refractivity contribution is 7.91. The highest BCUT2D eigenvalue weighted by Crippen LogP contribution is 2.23. The molecule has 1 heterocycles. The molecule has 1 saturated heterocycles. The SMILES string of the molecule is COC(=O)c1ccc(Cl)c(NC(=O)CC(=O)NC2CCS(=O)(=O)C2)c1. The maximum atomic E-state index is 12.0. The number of esters is 1. The number of amides is 2. The maximum absolute atomic E-state index is 12.0. The number of carbonyl (C=O) groups excluding carboxylic acids is 3. The number of benzene rings is 1. The van der Waals surface area contributed by atoms with E-state index in [1.165, 1.54) is 25.3 Å². The third kappa shape index (κ3) is 5.43. The van der Waals surface area contributed by atoms with Crippen LogP contribution in [0.3, 0.4) is 0 Å². The van der Waals surface area contributed by atoms with Gasteiger partial charge in [0.1, 0.15) is 6.42 Å². The summed E-state index contributed by atoms with van der Waals surface area (Å²) in [5, 5.41) is 5.16. The van der Waals surface area contributed by atoms with Crippen LogP contribution in [0.5, 0.6) is 0 Å². The van der Waals surface area contributed by atoms with Gasteiger partial charge in [0.25, 0.3) is 0 Å².